The number of pyridine rings is 1. The topological polar surface area (TPSA) is 51.2 Å². The number of nitrogens with one attached hydrogen (secondary N) is 1. The average Bonchev–Trinajstić information content (AvgIpc) is 2.49. The molecule has 0 aliphatic rings. The van der Waals surface area contributed by atoms with Crippen LogP contribution in [0.1, 0.15) is 29.4 Å². The molecule has 2 aromatic rings. The first-order valence-electron chi connectivity index (χ1n) is 6.77. The molecule has 0 bridgehead atoms. The maximum Gasteiger partial charge on any atom is 0.256 e. The van der Waals surface area contributed by atoms with Gasteiger partial charge in [0.05, 0.1) is 12.3 Å². The molecule has 0 radical (unpaired) electrons. The van der Waals surface area contributed by atoms with Gasteiger partial charge in [-0.15, -0.1) is 0 Å². The summed E-state index contributed by atoms with van der Waals surface area (Å²) in [6.45, 7) is 4.60. The van der Waals surface area contributed by atoms with E-state index in [1.807, 2.05) is 13.0 Å². The Labute approximate surface area is 132 Å². The summed E-state index contributed by atoms with van der Waals surface area (Å²) in [7, 11) is 0. The fourth-order valence-corrected chi connectivity index (χ4v) is 1.95. The van der Waals surface area contributed by atoms with Crippen LogP contribution in [0.2, 0.25) is 0 Å². The van der Waals surface area contributed by atoms with Gasteiger partial charge in [-0.1, -0.05) is 6.92 Å². The molecule has 0 aliphatic carbocycles. The van der Waals surface area contributed by atoms with Crippen LogP contribution in [0.4, 0.5) is 5.82 Å². The Morgan fingerprint density at radius 1 is 1.24 bits per heavy atom. The molecular formula is C16H17BrN2O2. The maximum absolute atomic E-state index is 12.1. The van der Waals surface area contributed by atoms with Gasteiger partial charge in [-0.3, -0.25) is 4.79 Å². The van der Waals surface area contributed by atoms with Crippen molar-refractivity contribution in [2.75, 3.05) is 11.9 Å². The van der Waals surface area contributed by atoms with Gasteiger partial charge in [0, 0.05) is 10.0 Å². The molecule has 1 amide bonds. The lowest BCUT2D eigenvalue weighted by Crippen LogP contribution is -2.13. The van der Waals surface area contributed by atoms with E-state index in [0.717, 1.165) is 22.3 Å². The van der Waals surface area contributed by atoms with Crippen LogP contribution in [0.15, 0.2) is 40.9 Å². The number of nitrogens with zero attached hydrogens (tertiary/aromatic N) is 1. The maximum atomic E-state index is 12.1. The quantitative estimate of drug-likeness (QED) is 0.880. The van der Waals surface area contributed by atoms with E-state index in [2.05, 4.69) is 33.2 Å². The van der Waals surface area contributed by atoms with E-state index >= 15 is 0 Å². The van der Waals surface area contributed by atoms with E-state index in [1.54, 1.807) is 30.3 Å². The van der Waals surface area contributed by atoms with E-state index in [0.29, 0.717) is 18.0 Å². The van der Waals surface area contributed by atoms with Gasteiger partial charge in [-0.05, 0) is 65.7 Å². The summed E-state index contributed by atoms with van der Waals surface area (Å²) >= 11 is 3.38. The number of anilines is 1. The molecule has 1 aromatic carbocycles. The fraction of sp³-hybridized carbons (Fsp3) is 0.250. The first-order valence-corrected chi connectivity index (χ1v) is 7.57. The zero-order chi connectivity index (χ0) is 15.2. The molecule has 0 saturated carbocycles. The van der Waals surface area contributed by atoms with Crippen molar-refractivity contribution in [1.82, 2.24) is 4.98 Å². The van der Waals surface area contributed by atoms with Crippen molar-refractivity contribution < 1.29 is 9.53 Å². The van der Waals surface area contributed by atoms with E-state index < -0.39 is 0 Å². The summed E-state index contributed by atoms with van der Waals surface area (Å²) in [5.74, 6) is 1.12. The molecule has 0 fully saturated rings. The number of carbonyl (C=O) groups excluding carboxylic acids is 1. The molecular weight excluding hydrogens is 332 g/mol. The third kappa shape index (κ3) is 4.29. The average molecular weight is 349 g/mol. The molecule has 0 spiro atoms. The van der Waals surface area contributed by atoms with Crippen molar-refractivity contribution in [3.8, 4) is 5.75 Å². The van der Waals surface area contributed by atoms with Gasteiger partial charge < -0.3 is 10.1 Å². The standard InChI is InChI=1S/C16H17BrN2O2/c1-3-10-21-13-6-4-12(5-7-13)16(20)19-15-9-8-14(17)11(2)18-15/h4-9H,3,10H2,1-2H3,(H,18,19,20). The van der Waals surface area contributed by atoms with Gasteiger partial charge >= 0.3 is 0 Å². The largest absolute Gasteiger partial charge is 0.494 e. The third-order valence-electron chi connectivity index (χ3n) is 2.85. The van der Waals surface area contributed by atoms with Gasteiger partial charge in [-0.2, -0.15) is 0 Å². The summed E-state index contributed by atoms with van der Waals surface area (Å²) in [5, 5.41) is 2.78. The fourth-order valence-electron chi connectivity index (χ4n) is 1.72. The molecule has 0 aliphatic heterocycles. The highest BCUT2D eigenvalue weighted by Gasteiger charge is 2.08. The highest BCUT2D eigenvalue weighted by Crippen LogP contribution is 2.17. The summed E-state index contributed by atoms with van der Waals surface area (Å²) < 4.78 is 6.40. The number of aromatic nitrogens is 1. The Balaban J connectivity index is 2.04. The Kier molecular flexibility index (Phi) is 5.33. The summed E-state index contributed by atoms with van der Waals surface area (Å²) in [5.41, 5.74) is 1.40. The van der Waals surface area contributed by atoms with Crippen LogP contribution in [-0.2, 0) is 0 Å². The zero-order valence-electron chi connectivity index (χ0n) is 12.0. The number of aryl methyl sites for hydroxylation is 1. The molecule has 0 atom stereocenters. The number of ether oxygens (including phenoxy) is 1. The minimum absolute atomic E-state index is 0.189. The van der Waals surface area contributed by atoms with Crippen LogP contribution in [-0.4, -0.2) is 17.5 Å². The molecule has 0 unspecified atom stereocenters. The Morgan fingerprint density at radius 2 is 1.95 bits per heavy atom. The highest BCUT2D eigenvalue weighted by molar-refractivity contribution is 9.10. The third-order valence-corrected chi connectivity index (χ3v) is 3.69. The van der Waals surface area contributed by atoms with Crippen LogP contribution < -0.4 is 10.1 Å². The van der Waals surface area contributed by atoms with Crippen molar-refractivity contribution in [2.45, 2.75) is 20.3 Å². The van der Waals surface area contributed by atoms with Gasteiger partial charge in [0.25, 0.3) is 5.91 Å². The molecule has 1 N–H and O–H groups in total. The number of hydrogen-bond donors (Lipinski definition) is 1. The molecule has 21 heavy (non-hydrogen) atoms. The lowest BCUT2D eigenvalue weighted by molar-refractivity contribution is 0.102. The monoisotopic (exact) mass is 348 g/mol. The minimum atomic E-state index is -0.189. The van der Waals surface area contributed by atoms with Crippen LogP contribution >= 0.6 is 15.9 Å². The molecule has 1 heterocycles. The smallest absolute Gasteiger partial charge is 0.256 e. The number of amides is 1. The van der Waals surface area contributed by atoms with E-state index in [4.69, 9.17) is 4.74 Å². The van der Waals surface area contributed by atoms with Crippen molar-refractivity contribution >= 4 is 27.7 Å². The summed E-state index contributed by atoms with van der Waals surface area (Å²) in [6.07, 6.45) is 0.955. The van der Waals surface area contributed by atoms with Crippen molar-refractivity contribution in [1.29, 1.82) is 0 Å². The minimum Gasteiger partial charge on any atom is -0.494 e. The summed E-state index contributed by atoms with van der Waals surface area (Å²) in [6, 6.07) is 10.7. The van der Waals surface area contributed by atoms with Crippen LogP contribution in [0.5, 0.6) is 5.75 Å². The molecule has 4 nitrogen and oxygen atoms in total. The molecule has 1 aromatic heterocycles. The van der Waals surface area contributed by atoms with E-state index in [9.17, 15) is 4.79 Å². The van der Waals surface area contributed by atoms with Crippen molar-refractivity contribution in [3.05, 3.63) is 52.1 Å². The van der Waals surface area contributed by atoms with Gasteiger partial charge in [0.15, 0.2) is 0 Å². The van der Waals surface area contributed by atoms with Gasteiger partial charge in [0.2, 0.25) is 0 Å². The number of benzene rings is 1. The van der Waals surface area contributed by atoms with Gasteiger partial charge in [-0.25, -0.2) is 4.98 Å². The second kappa shape index (κ2) is 7.22. The zero-order valence-corrected chi connectivity index (χ0v) is 13.6. The highest BCUT2D eigenvalue weighted by atomic mass is 79.9. The Hall–Kier alpha value is -1.88. The Morgan fingerprint density at radius 3 is 2.57 bits per heavy atom. The molecule has 2 rings (SSSR count). The van der Waals surface area contributed by atoms with Crippen molar-refractivity contribution in [3.63, 3.8) is 0 Å². The van der Waals surface area contributed by atoms with E-state index in [-0.39, 0.29) is 5.91 Å². The molecule has 5 heteroatoms. The molecule has 0 saturated heterocycles. The second-order valence-electron chi connectivity index (χ2n) is 4.59. The number of hydrogen-bond acceptors (Lipinski definition) is 3. The predicted octanol–water partition coefficient (Wildman–Crippen LogP) is 4.19. The van der Waals surface area contributed by atoms with Crippen LogP contribution in [0, 0.1) is 6.92 Å². The van der Waals surface area contributed by atoms with Crippen LogP contribution in [0.3, 0.4) is 0 Å². The SMILES string of the molecule is CCCOc1ccc(C(=O)Nc2ccc(Br)c(C)n2)cc1. The normalized spacial score (nSPS) is 10.2. The van der Waals surface area contributed by atoms with Gasteiger partial charge in [0.1, 0.15) is 11.6 Å². The van der Waals surface area contributed by atoms with Crippen LogP contribution in [0.25, 0.3) is 0 Å². The molecule has 110 valence electrons. The summed E-state index contributed by atoms with van der Waals surface area (Å²) in [4.78, 5) is 16.4. The lowest BCUT2D eigenvalue weighted by Gasteiger charge is -2.08. The van der Waals surface area contributed by atoms with E-state index in [1.165, 1.54) is 0 Å². The predicted molar refractivity (Wildman–Crippen MR) is 86.9 cm³/mol. The Bertz CT molecular complexity index is 627. The number of rotatable bonds is 5. The first-order chi connectivity index (χ1) is 10.1. The number of carbonyl (C=O) groups is 1. The van der Waals surface area contributed by atoms with Crippen molar-refractivity contribution in [2.24, 2.45) is 0 Å². The lowest BCUT2D eigenvalue weighted by atomic mass is 10.2. The second-order valence-corrected chi connectivity index (χ2v) is 5.45. The number of halogens is 1. The first kappa shape index (κ1) is 15.5.